The second kappa shape index (κ2) is 8.19. The molecule has 0 fully saturated rings. The van der Waals surface area contributed by atoms with Crippen molar-refractivity contribution in [1.82, 2.24) is 4.98 Å². The molecule has 0 unspecified atom stereocenters. The topological polar surface area (TPSA) is 76.0 Å². The van der Waals surface area contributed by atoms with Crippen LogP contribution in [0.3, 0.4) is 0 Å². The average Bonchev–Trinajstić information content (AvgIpc) is 3.08. The van der Waals surface area contributed by atoms with Gasteiger partial charge in [-0.15, -0.1) is 12.4 Å². The van der Waals surface area contributed by atoms with E-state index in [4.69, 9.17) is 5.73 Å². The van der Waals surface area contributed by atoms with Crippen LogP contribution in [0.1, 0.15) is 5.56 Å². The third-order valence-electron chi connectivity index (χ3n) is 4.69. The molecule has 144 valence electrons. The predicted octanol–water partition coefficient (Wildman–Crippen LogP) is 4.59. The number of halogens is 1. The van der Waals surface area contributed by atoms with Crippen LogP contribution < -0.4 is 5.73 Å². The van der Waals surface area contributed by atoms with Crippen LogP contribution in [0.15, 0.2) is 88.8 Å². The van der Waals surface area contributed by atoms with Crippen LogP contribution in [-0.4, -0.2) is 19.9 Å². The third-order valence-corrected chi connectivity index (χ3v) is 6.47. The number of hydrogen-bond donors (Lipinski definition) is 2. The van der Waals surface area contributed by atoms with E-state index in [-0.39, 0.29) is 22.3 Å². The van der Waals surface area contributed by atoms with Crippen LogP contribution in [0.25, 0.3) is 22.0 Å². The first-order chi connectivity index (χ1) is 13.1. The molecule has 4 rings (SSSR count). The molecule has 0 radical (unpaired) electrons. The van der Waals surface area contributed by atoms with Crippen molar-refractivity contribution in [2.75, 3.05) is 6.54 Å². The van der Waals surface area contributed by atoms with E-state index in [0.717, 1.165) is 27.6 Å². The molecule has 1 aromatic heterocycles. The van der Waals surface area contributed by atoms with Gasteiger partial charge in [0.1, 0.15) is 5.03 Å². The Morgan fingerprint density at radius 2 is 1.46 bits per heavy atom. The fraction of sp³-hybridized carbons (Fsp3) is 0.0909. The van der Waals surface area contributed by atoms with Crippen molar-refractivity contribution in [1.29, 1.82) is 0 Å². The molecule has 0 saturated carbocycles. The third kappa shape index (κ3) is 3.56. The first kappa shape index (κ1) is 20.1. The van der Waals surface area contributed by atoms with E-state index in [1.165, 1.54) is 0 Å². The molecule has 6 heteroatoms. The van der Waals surface area contributed by atoms with Gasteiger partial charge in [0.15, 0.2) is 0 Å². The fourth-order valence-corrected chi connectivity index (χ4v) is 4.90. The van der Waals surface area contributed by atoms with E-state index in [9.17, 15) is 8.42 Å². The van der Waals surface area contributed by atoms with Crippen LogP contribution >= 0.6 is 12.4 Å². The molecule has 0 saturated heterocycles. The molecule has 4 nitrogen and oxygen atoms in total. The van der Waals surface area contributed by atoms with Gasteiger partial charge in [0.2, 0.25) is 9.84 Å². The molecule has 0 aliphatic rings. The van der Waals surface area contributed by atoms with Gasteiger partial charge in [-0.3, -0.25) is 0 Å². The number of aromatic amines is 1. The van der Waals surface area contributed by atoms with Crippen LogP contribution in [0, 0.1) is 0 Å². The summed E-state index contributed by atoms with van der Waals surface area (Å²) in [5.74, 6) is 0. The number of hydrogen-bond acceptors (Lipinski definition) is 3. The zero-order valence-corrected chi connectivity index (χ0v) is 16.8. The van der Waals surface area contributed by atoms with E-state index >= 15 is 0 Å². The first-order valence-electron chi connectivity index (χ1n) is 8.81. The summed E-state index contributed by atoms with van der Waals surface area (Å²) in [5, 5.41) is 1.13. The van der Waals surface area contributed by atoms with Crippen LogP contribution in [0.4, 0.5) is 0 Å². The molecule has 3 aromatic carbocycles. The van der Waals surface area contributed by atoms with Gasteiger partial charge in [-0.05, 0) is 53.9 Å². The number of aromatic nitrogens is 1. The minimum Gasteiger partial charge on any atom is -0.345 e. The van der Waals surface area contributed by atoms with Crippen molar-refractivity contribution >= 4 is 33.1 Å². The van der Waals surface area contributed by atoms with Gasteiger partial charge in [-0.2, -0.15) is 0 Å². The van der Waals surface area contributed by atoms with Crippen LogP contribution in [0.5, 0.6) is 0 Å². The summed E-state index contributed by atoms with van der Waals surface area (Å²) in [5.41, 5.74) is 9.48. The van der Waals surface area contributed by atoms with Crippen LogP contribution in [0.2, 0.25) is 0 Å². The summed E-state index contributed by atoms with van der Waals surface area (Å²) in [7, 11) is -3.64. The fourth-order valence-electron chi connectivity index (χ4n) is 3.37. The monoisotopic (exact) mass is 412 g/mol. The lowest BCUT2D eigenvalue weighted by atomic mass is 10.0. The number of nitrogens with two attached hydrogens (primary N) is 1. The van der Waals surface area contributed by atoms with Gasteiger partial charge >= 0.3 is 0 Å². The Bertz CT molecular complexity index is 1190. The highest BCUT2D eigenvalue weighted by molar-refractivity contribution is 7.91. The first-order valence-corrected chi connectivity index (χ1v) is 10.3. The molecule has 1 heterocycles. The summed E-state index contributed by atoms with van der Waals surface area (Å²) < 4.78 is 26.4. The Kier molecular flexibility index (Phi) is 5.89. The minimum atomic E-state index is -3.64. The number of benzene rings is 3. The number of H-pyrrole nitrogens is 1. The standard InChI is InChI=1S/C22H20N2O2S.ClH/c23-14-13-19-20-15-17(16-7-3-1-4-8-16)11-12-21(20)24-22(19)27(25,26)18-9-5-2-6-10-18;/h1-12,15,24H,13-14,23H2;1H. The van der Waals surface area contributed by atoms with E-state index in [2.05, 4.69) is 4.98 Å². The Labute approximate surface area is 170 Å². The molecule has 3 N–H and O–H groups in total. The minimum absolute atomic E-state index is 0. The van der Waals surface area contributed by atoms with E-state index in [0.29, 0.717) is 13.0 Å². The van der Waals surface area contributed by atoms with E-state index in [1.54, 1.807) is 30.3 Å². The van der Waals surface area contributed by atoms with Crippen molar-refractivity contribution in [3.05, 3.63) is 84.4 Å². The summed E-state index contributed by atoms with van der Waals surface area (Å²) in [6.07, 6.45) is 0.486. The highest BCUT2D eigenvalue weighted by atomic mass is 35.5. The van der Waals surface area contributed by atoms with Crippen molar-refractivity contribution in [3.63, 3.8) is 0 Å². The molecule has 0 atom stereocenters. The lowest BCUT2D eigenvalue weighted by Crippen LogP contribution is -2.09. The summed E-state index contributed by atoms with van der Waals surface area (Å²) in [6, 6.07) is 24.5. The molecule has 0 amide bonds. The zero-order valence-electron chi connectivity index (χ0n) is 15.1. The number of fused-ring (bicyclic) bond motifs is 1. The molecule has 4 aromatic rings. The molecule has 0 aliphatic carbocycles. The average molecular weight is 413 g/mol. The second-order valence-electron chi connectivity index (χ2n) is 6.41. The van der Waals surface area contributed by atoms with Crippen molar-refractivity contribution in [3.8, 4) is 11.1 Å². The maximum absolute atomic E-state index is 13.2. The summed E-state index contributed by atoms with van der Waals surface area (Å²) >= 11 is 0. The van der Waals surface area contributed by atoms with Crippen LogP contribution in [-0.2, 0) is 16.3 Å². The summed E-state index contributed by atoms with van der Waals surface area (Å²) in [4.78, 5) is 3.40. The highest BCUT2D eigenvalue weighted by Gasteiger charge is 2.25. The van der Waals surface area contributed by atoms with Gasteiger partial charge in [-0.1, -0.05) is 54.6 Å². The largest absolute Gasteiger partial charge is 0.345 e. The van der Waals surface area contributed by atoms with Gasteiger partial charge in [0.25, 0.3) is 0 Å². The van der Waals surface area contributed by atoms with Crippen molar-refractivity contribution in [2.45, 2.75) is 16.3 Å². The summed E-state index contributed by atoms with van der Waals surface area (Å²) in [6.45, 7) is 0.375. The van der Waals surface area contributed by atoms with Gasteiger partial charge < -0.3 is 10.7 Å². The molecule has 28 heavy (non-hydrogen) atoms. The van der Waals surface area contributed by atoms with E-state index < -0.39 is 9.84 Å². The van der Waals surface area contributed by atoms with Gasteiger partial charge in [-0.25, -0.2) is 8.42 Å². The molecular formula is C22H21ClN2O2S. The Balaban J connectivity index is 0.00000225. The highest BCUT2D eigenvalue weighted by Crippen LogP contribution is 2.33. The van der Waals surface area contributed by atoms with Gasteiger partial charge in [0, 0.05) is 10.9 Å². The Morgan fingerprint density at radius 3 is 2.11 bits per heavy atom. The maximum Gasteiger partial charge on any atom is 0.222 e. The number of nitrogens with one attached hydrogen (secondary N) is 1. The van der Waals surface area contributed by atoms with Crippen molar-refractivity contribution in [2.24, 2.45) is 5.73 Å². The Morgan fingerprint density at radius 1 is 0.821 bits per heavy atom. The lowest BCUT2D eigenvalue weighted by Gasteiger charge is -2.06. The molecule has 0 spiro atoms. The second-order valence-corrected chi connectivity index (χ2v) is 8.30. The molecular weight excluding hydrogens is 392 g/mol. The number of sulfone groups is 1. The maximum atomic E-state index is 13.2. The smallest absolute Gasteiger partial charge is 0.222 e. The van der Waals surface area contributed by atoms with Gasteiger partial charge in [0.05, 0.1) is 4.90 Å². The molecule has 0 aliphatic heterocycles. The molecule has 0 bridgehead atoms. The zero-order chi connectivity index (χ0) is 18.9. The Hall–Kier alpha value is -2.60. The number of rotatable bonds is 5. The lowest BCUT2D eigenvalue weighted by molar-refractivity contribution is 0.592. The predicted molar refractivity (Wildman–Crippen MR) is 116 cm³/mol. The SMILES string of the molecule is Cl.NCCc1c(S(=O)(=O)c2ccccc2)[nH]c2ccc(-c3ccccc3)cc12. The normalized spacial score (nSPS) is 11.3. The van der Waals surface area contributed by atoms with Crippen molar-refractivity contribution < 1.29 is 8.42 Å². The quantitative estimate of drug-likeness (QED) is 0.503. The van der Waals surface area contributed by atoms with E-state index in [1.807, 2.05) is 48.5 Å².